The van der Waals surface area contributed by atoms with E-state index < -0.39 is 6.03 Å². The van der Waals surface area contributed by atoms with Gasteiger partial charge in [0.15, 0.2) is 0 Å². The number of anilines is 1. The Labute approximate surface area is 167 Å². The lowest BCUT2D eigenvalue weighted by molar-refractivity contribution is 0.102. The normalized spacial score (nSPS) is 10.6. The van der Waals surface area contributed by atoms with Gasteiger partial charge in [0.05, 0.1) is 11.0 Å². The highest BCUT2D eigenvalue weighted by molar-refractivity contribution is 6.04. The Morgan fingerprint density at radius 1 is 0.931 bits per heavy atom. The number of benzene rings is 3. The SMILES string of the molecule is NC(=O)NCc1ccc(C(=O)Nc2ccc(-n3cnc4ccccc43)cc2)cc1. The number of carbonyl (C=O) groups excluding carboxylic acids is 2. The summed E-state index contributed by atoms with van der Waals surface area (Å²) in [5, 5.41) is 5.39. The van der Waals surface area contributed by atoms with Crippen molar-refractivity contribution in [2.45, 2.75) is 6.54 Å². The van der Waals surface area contributed by atoms with Gasteiger partial charge in [-0.2, -0.15) is 0 Å². The van der Waals surface area contributed by atoms with Crippen molar-refractivity contribution in [3.8, 4) is 5.69 Å². The van der Waals surface area contributed by atoms with Crippen LogP contribution < -0.4 is 16.4 Å². The molecule has 7 heteroatoms. The number of imidazole rings is 1. The Morgan fingerprint density at radius 2 is 1.66 bits per heavy atom. The minimum atomic E-state index is -0.584. The maximum atomic E-state index is 12.5. The highest BCUT2D eigenvalue weighted by Gasteiger charge is 2.08. The van der Waals surface area contributed by atoms with Crippen LogP contribution in [0.15, 0.2) is 79.1 Å². The van der Waals surface area contributed by atoms with E-state index >= 15 is 0 Å². The molecule has 0 aliphatic rings. The fourth-order valence-electron chi connectivity index (χ4n) is 3.04. The molecule has 0 atom stereocenters. The molecular formula is C22H19N5O2. The molecule has 0 spiro atoms. The van der Waals surface area contributed by atoms with Gasteiger partial charge in [0.1, 0.15) is 6.33 Å². The summed E-state index contributed by atoms with van der Waals surface area (Å²) in [6.07, 6.45) is 1.78. The van der Waals surface area contributed by atoms with Crippen LogP contribution in [-0.4, -0.2) is 21.5 Å². The molecular weight excluding hydrogens is 366 g/mol. The van der Waals surface area contributed by atoms with E-state index in [1.807, 2.05) is 53.1 Å². The molecule has 3 amide bonds. The zero-order valence-electron chi connectivity index (χ0n) is 15.5. The van der Waals surface area contributed by atoms with Crippen LogP contribution >= 0.6 is 0 Å². The Balaban J connectivity index is 1.44. The first-order chi connectivity index (χ1) is 14.1. The van der Waals surface area contributed by atoms with E-state index in [0.29, 0.717) is 17.8 Å². The molecule has 3 aromatic carbocycles. The standard InChI is InChI=1S/C22H19N5O2/c23-22(29)24-13-15-5-7-16(8-6-15)21(28)26-17-9-11-18(12-10-17)27-14-25-19-3-1-2-4-20(19)27/h1-12,14H,13H2,(H,26,28)(H3,23,24,29). The number of para-hydroxylation sites is 2. The molecule has 0 radical (unpaired) electrons. The van der Waals surface area contributed by atoms with Crippen molar-refractivity contribution in [2.75, 3.05) is 5.32 Å². The molecule has 0 aliphatic heterocycles. The molecule has 4 aromatic rings. The summed E-state index contributed by atoms with van der Waals surface area (Å²) in [6.45, 7) is 0.321. The van der Waals surface area contributed by atoms with Gasteiger partial charge in [-0.25, -0.2) is 9.78 Å². The molecule has 1 aromatic heterocycles. The number of fused-ring (bicyclic) bond motifs is 1. The average Bonchev–Trinajstić information content (AvgIpc) is 3.17. The van der Waals surface area contributed by atoms with Crippen molar-refractivity contribution in [3.63, 3.8) is 0 Å². The Morgan fingerprint density at radius 3 is 2.38 bits per heavy atom. The number of amides is 3. The molecule has 0 unspecified atom stereocenters. The molecule has 0 saturated heterocycles. The fourth-order valence-corrected chi connectivity index (χ4v) is 3.04. The molecule has 0 fully saturated rings. The number of primary amides is 1. The summed E-state index contributed by atoms with van der Waals surface area (Å²) in [4.78, 5) is 27.6. The molecule has 144 valence electrons. The van der Waals surface area contributed by atoms with Crippen LogP contribution in [0.3, 0.4) is 0 Å². The van der Waals surface area contributed by atoms with Crippen molar-refractivity contribution in [1.29, 1.82) is 0 Å². The van der Waals surface area contributed by atoms with E-state index in [1.54, 1.807) is 30.6 Å². The first kappa shape index (κ1) is 18.2. The van der Waals surface area contributed by atoms with Gasteiger partial charge in [0, 0.05) is 23.5 Å². The first-order valence-corrected chi connectivity index (χ1v) is 9.06. The minimum absolute atomic E-state index is 0.208. The second kappa shape index (κ2) is 7.85. The first-order valence-electron chi connectivity index (χ1n) is 9.06. The number of nitrogens with two attached hydrogens (primary N) is 1. The van der Waals surface area contributed by atoms with Crippen LogP contribution in [0.4, 0.5) is 10.5 Å². The molecule has 7 nitrogen and oxygen atoms in total. The Bertz CT molecular complexity index is 1160. The van der Waals surface area contributed by atoms with Gasteiger partial charge in [-0.3, -0.25) is 9.36 Å². The van der Waals surface area contributed by atoms with Crippen molar-refractivity contribution in [3.05, 3.63) is 90.3 Å². The third-order valence-corrected chi connectivity index (χ3v) is 4.54. The third-order valence-electron chi connectivity index (χ3n) is 4.54. The number of hydrogen-bond acceptors (Lipinski definition) is 3. The average molecular weight is 385 g/mol. The predicted octanol–water partition coefficient (Wildman–Crippen LogP) is 3.45. The van der Waals surface area contributed by atoms with Gasteiger partial charge in [-0.15, -0.1) is 0 Å². The van der Waals surface area contributed by atoms with E-state index in [-0.39, 0.29) is 5.91 Å². The monoisotopic (exact) mass is 385 g/mol. The van der Waals surface area contributed by atoms with Crippen molar-refractivity contribution >= 4 is 28.7 Å². The molecule has 0 saturated carbocycles. The van der Waals surface area contributed by atoms with Crippen molar-refractivity contribution in [1.82, 2.24) is 14.9 Å². The number of aromatic nitrogens is 2. The molecule has 4 N–H and O–H groups in total. The highest BCUT2D eigenvalue weighted by atomic mass is 16.2. The summed E-state index contributed by atoms with van der Waals surface area (Å²) in [5.74, 6) is -0.208. The van der Waals surface area contributed by atoms with Gasteiger partial charge >= 0.3 is 6.03 Å². The highest BCUT2D eigenvalue weighted by Crippen LogP contribution is 2.20. The number of rotatable bonds is 5. The van der Waals surface area contributed by atoms with Gasteiger partial charge in [-0.05, 0) is 54.1 Å². The van der Waals surface area contributed by atoms with E-state index in [0.717, 1.165) is 22.3 Å². The molecule has 1 heterocycles. The predicted molar refractivity (Wildman–Crippen MR) is 112 cm³/mol. The number of nitrogens with zero attached hydrogens (tertiary/aromatic N) is 2. The van der Waals surface area contributed by atoms with Crippen LogP contribution in [0.1, 0.15) is 15.9 Å². The van der Waals surface area contributed by atoms with Gasteiger partial charge < -0.3 is 16.4 Å². The maximum Gasteiger partial charge on any atom is 0.312 e. The smallest absolute Gasteiger partial charge is 0.312 e. The van der Waals surface area contributed by atoms with Crippen LogP contribution in [0.2, 0.25) is 0 Å². The Kier molecular flexibility index (Phi) is 4.94. The summed E-state index contributed by atoms with van der Waals surface area (Å²) in [5.41, 5.74) is 10.0. The lowest BCUT2D eigenvalue weighted by Gasteiger charge is -2.09. The molecule has 4 rings (SSSR count). The maximum absolute atomic E-state index is 12.5. The number of hydrogen-bond donors (Lipinski definition) is 3. The van der Waals surface area contributed by atoms with Crippen molar-refractivity contribution in [2.24, 2.45) is 5.73 Å². The zero-order valence-corrected chi connectivity index (χ0v) is 15.5. The third kappa shape index (κ3) is 4.08. The van der Waals surface area contributed by atoms with Gasteiger partial charge in [0.2, 0.25) is 0 Å². The zero-order chi connectivity index (χ0) is 20.2. The van der Waals surface area contributed by atoms with Gasteiger partial charge in [0.25, 0.3) is 5.91 Å². The van der Waals surface area contributed by atoms with E-state index in [1.165, 1.54) is 0 Å². The number of carbonyl (C=O) groups is 2. The quantitative estimate of drug-likeness (QED) is 0.490. The second-order valence-corrected chi connectivity index (χ2v) is 6.52. The number of urea groups is 1. The second-order valence-electron chi connectivity index (χ2n) is 6.52. The fraction of sp³-hybridized carbons (Fsp3) is 0.0455. The minimum Gasteiger partial charge on any atom is -0.352 e. The lowest BCUT2D eigenvalue weighted by Crippen LogP contribution is -2.28. The van der Waals surface area contributed by atoms with Crippen molar-refractivity contribution < 1.29 is 9.59 Å². The van der Waals surface area contributed by atoms with E-state index in [2.05, 4.69) is 15.6 Å². The largest absolute Gasteiger partial charge is 0.352 e. The van der Waals surface area contributed by atoms with Crippen LogP contribution in [-0.2, 0) is 6.54 Å². The summed E-state index contributed by atoms with van der Waals surface area (Å²) in [6, 6.07) is 21.9. The van der Waals surface area contributed by atoms with Crippen LogP contribution in [0.5, 0.6) is 0 Å². The molecule has 29 heavy (non-hydrogen) atoms. The van der Waals surface area contributed by atoms with E-state index in [4.69, 9.17) is 5.73 Å². The molecule has 0 bridgehead atoms. The summed E-state index contributed by atoms with van der Waals surface area (Å²) >= 11 is 0. The number of nitrogens with one attached hydrogen (secondary N) is 2. The lowest BCUT2D eigenvalue weighted by atomic mass is 10.1. The van der Waals surface area contributed by atoms with Crippen LogP contribution in [0, 0.1) is 0 Å². The van der Waals surface area contributed by atoms with E-state index in [9.17, 15) is 9.59 Å². The molecule has 0 aliphatic carbocycles. The van der Waals surface area contributed by atoms with Gasteiger partial charge in [-0.1, -0.05) is 24.3 Å². The Hall–Kier alpha value is -4.13. The van der Waals surface area contributed by atoms with Crippen LogP contribution in [0.25, 0.3) is 16.7 Å². The topological polar surface area (TPSA) is 102 Å². The summed E-state index contributed by atoms with van der Waals surface area (Å²) in [7, 11) is 0. The summed E-state index contributed by atoms with van der Waals surface area (Å²) < 4.78 is 2.00.